The van der Waals surface area contributed by atoms with Crippen LogP contribution in [0.25, 0.3) is 11.1 Å². The minimum atomic E-state index is -0.456. The van der Waals surface area contributed by atoms with Gasteiger partial charge in [0.05, 0.1) is 5.69 Å². The van der Waals surface area contributed by atoms with E-state index in [-0.39, 0.29) is 5.91 Å². The number of amides is 1. The monoisotopic (exact) mass is 269 g/mol. The second-order valence-electron chi connectivity index (χ2n) is 5.71. The van der Waals surface area contributed by atoms with Crippen molar-refractivity contribution in [2.45, 2.75) is 20.8 Å². The molecule has 0 spiro atoms. The van der Waals surface area contributed by atoms with Crippen LogP contribution in [0.4, 0.5) is 11.4 Å². The van der Waals surface area contributed by atoms with Gasteiger partial charge in [-0.3, -0.25) is 9.78 Å². The molecule has 20 heavy (non-hydrogen) atoms. The Morgan fingerprint density at radius 3 is 2.50 bits per heavy atom. The summed E-state index contributed by atoms with van der Waals surface area (Å²) in [5.41, 5.74) is 8.61. The molecule has 104 valence electrons. The summed E-state index contributed by atoms with van der Waals surface area (Å²) >= 11 is 0. The Bertz CT molecular complexity index is 630. The number of nitrogens with one attached hydrogen (secondary N) is 1. The molecule has 0 saturated heterocycles. The normalized spacial score (nSPS) is 11.2. The molecule has 0 aliphatic carbocycles. The molecule has 1 aromatic carbocycles. The van der Waals surface area contributed by atoms with Gasteiger partial charge in [0.2, 0.25) is 5.91 Å². The minimum absolute atomic E-state index is 0.0422. The average molecular weight is 269 g/mol. The molecule has 2 aromatic rings. The summed E-state index contributed by atoms with van der Waals surface area (Å²) in [6, 6.07) is 9.32. The summed E-state index contributed by atoms with van der Waals surface area (Å²) in [5, 5.41) is 2.94. The highest BCUT2D eigenvalue weighted by atomic mass is 16.2. The molecule has 1 amide bonds. The molecule has 0 radical (unpaired) electrons. The largest absolute Gasteiger partial charge is 0.398 e. The summed E-state index contributed by atoms with van der Waals surface area (Å²) < 4.78 is 0. The van der Waals surface area contributed by atoms with E-state index in [0.717, 1.165) is 16.8 Å². The molecule has 4 nitrogen and oxygen atoms in total. The number of carbonyl (C=O) groups is 1. The summed E-state index contributed by atoms with van der Waals surface area (Å²) in [5.74, 6) is -0.0422. The number of nitrogens with zero attached hydrogens (tertiary/aromatic N) is 1. The number of nitrogen functional groups attached to an aromatic ring is 1. The van der Waals surface area contributed by atoms with Crippen molar-refractivity contribution in [1.29, 1.82) is 0 Å². The van der Waals surface area contributed by atoms with E-state index in [1.807, 2.05) is 45.0 Å². The lowest BCUT2D eigenvalue weighted by Gasteiger charge is -2.19. The maximum absolute atomic E-state index is 12.1. The number of anilines is 2. The Morgan fingerprint density at radius 1 is 1.15 bits per heavy atom. The second-order valence-corrected chi connectivity index (χ2v) is 5.71. The lowest BCUT2D eigenvalue weighted by molar-refractivity contribution is -0.123. The van der Waals surface area contributed by atoms with Crippen molar-refractivity contribution in [2.24, 2.45) is 5.41 Å². The van der Waals surface area contributed by atoms with Gasteiger partial charge in [-0.2, -0.15) is 0 Å². The van der Waals surface area contributed by atoms with Crippen LogP contribution in [0.3, 0.4) is 0 Å². The van der Waals surface area contributed by atoms with Crippen molar-refractivity contribution in [2.75, 3.05) is 11.1 Å². The summed E-state index contributed by atoms with van der Waals surface area (Å²) in [7, 11) is 0. The van der Waals surface area contributed by atoms with Crippen LogP contribution >= 0.6 is 0 Å². The molecule has 1 aromatic heterocycles. The number of hydrogen-bond donors (Lipinski definition) is 2. The van der Waals surface area contributed by atoms with Crippen molar-refractivity contribution < 1.29 is 4.79 Å². The summed E-state index contributed by atoms with van der Waals surface area (Å²) in [6.45, 7) is 5.63. The van der Waals surface area contributed by atoms with E-state index in [1.54, 1.807) is 18.5 Å². The van der Waals surface area contributed by atoms with Crippen LogP contribution in [-0.2, 0) is 4.79 Å². The Hall–Kier alpha value is -2.36. The van der Waals surface area contributed by atoms with Gasteiger partial charge in [0.25, 0.3) is 0 Å². The topological polar surface area (TPSA) is 68.0 Å². The third kappa shape index (κ3) is 2.96. The molecule has 0 bridgehead atoms. The van der Waals surface area contributed by atoms with Gasteiger partial charge in [-0.15, -0.1) is 0 Å². The van der Waals surface area contributed by atoms with Crippen molar-refractivity contribution >= 4 is 17.3 Å². The van der Waals surface area contributed by atoms with Gasteiger partial charge >= 0.3 is 0 Å². The first-order valence-electron chi connectivity index (χ1n) is 6.50. The molecule has 3 N–H and O–H groups in total. The van der Waals surface area contributed by atoms with Crippen LogP contribution in [0.5, 0.6) is 0 Å². The van der Waals surface area contributed by atoms with Gasteiger partial charge in [-0.25, -0.2) is 0 Å². The Kier molecular flexibility index (Phi) is 3.74. The maximum Gasteiger partial charge on any atom is 0.229 e. The number of pyridine rings is 1. The predicted molar refractivity (Wildman–Crippen MR) is 82.2 cm³/mol. The van der Waals surface area contributed by atoms with Gasteiger partial charge in [-0.05, 0) is 12.1 Å². The first-order valence-corrected chi connectivity index (χ1v) is 6.50. The molecule has 0 saturated carbocycles. The van der Waals surface area contributed by atoms with E-state index >= 15 is 0 Å². The quantitative estimate of drug-likeness (QED) is 0.822. The zero-order valence-corrected chi connectivity index (χ0v) is 12.0. The Labute approximate surface area is 119 Å². The molecule has 0 fully saturated rings. The number of hydrogen-bond acceptors (Lipinski definition) is 3. The fourth-order valence-electron chi connectivity index (χ4n) is 1.77. The van der Waals surface area contributed by atoms with E-state index in [1.165, 1.54) is 0 Å². The fraction of sp³-hybridized carbons (Fsp3) is 0.250. The molecule has 1 heterocycles. The zero-order chi connectivity index (χ0) is 14.8. The number of rotatable bonds is 2. The van der Waals surface area contributed by atoms with E-state index in [2.05, 4.69) is 10.3 Å². The van der Waals surface area contributed by atoms with Crippen molar-refractivity contribution in [3.8, 4) is 11.1 Å². The van der Waals surface area contributed by atoms with Gasteiger partial charge in [0.15, 0.2) is 0 Å². The number of benzene rings is 1. The molecule has 4 heteroatoms. The number of para-hydroxylation sites is 1. The Balaban J connectivity index is 2.42. The molecular weight excluding hydrogens is 250 g/mol. The van der Waals surface area contributed by atoms with Crippen LogP contribution in [0.2, 0.25) is 0 Å². The molecular formula is C16H19N3O. The summed E-state index contributed by atoms with van der Waals surface area (Å²) in [6.07, 6.45) is 3.37. The highest BCUT2D eigenvalue weighted by Crippen LogP contribution is 2.32. The third-order valence-electron chi connectivity index (χ3n) is 3.00. The lowest BCUT2D eigenvalue weighted by atomic mass is 9.95. The van der Waals surface area contributed by atoms with Gasteiger partial charge < -0.3 is 11.1 Å². The standard InChI is InChI=1S/C16H19N3O/c1-16(2,3)15(20)19-14-8-9-18-10-12(14)11-6-4-5-7-13(11)17/h4-10H,17H2,1-3H3,(H,18,19,20). The van der Waals surface area contributed by atoms with Crippen LogP contribution in [0.15, 0.2) is 42.7 Å². The van der Waals surface area contributed by atoms with Crippen molar-refractivity contribution in [3.63, 3.8) is 0 Å². The van der Waals surface area contributed by atoms with Crippen LogP contribution < -0.4 is 11.1 Å². The average Bonchev–Trinajstić information content (AvgIpc) is 2.39. The first-order chi connectivity index (χ1) is 9.39. The fourth-order valence-corrected chi connectivity index (χ4v) is 1.77. The van der Waals surface area contributed by atoms with Crippen LogP contribution in [-0.4, -0.2) is 10.9 Å². The van der Waals surface area contributed by atoms with Gasteiger partial charge in [-0.1, -0.05) is 39.0 Å². The number of carbonyl (C=O) groups excluding carboxylic acids is 1. The van der Waals surface area contributed by atoms with Crippen LogP contribution in [0, 0.1) is 5.41 Å². The second kappa shape index (κ2) is 5.33. The SMILES string of the molecule is CC(C)(C)C(=O)Nc1ccncc1-c1ccccc1N. The minimum Gasteiger partial charge on any atom is -0.398 e. The number of aromatic nitrogens is 1. The molecule has 0 aliphatic heterocycles. The highest BCUT2D eigenvalue weighted by molar-refractivity contribution is 5.99. The van der Waals surface area contributed by atoms with Crippen molar-refractivity contribution in [1.82, 2.24) is 4.98 Å². The third-order valence-corrected chi connectivity index (χ3v) is 3.00. The van der Waals surface area contributed by atoms with Crippen LogP contribution in [0.1, 0.15) is 20.8 Å². The van der Waals surface area contributed by atoms with Crippen molar-refractivity contribution in [3.05, 3.63) is 42.7 Å². The molecule has 0 unspecified atom stereocenters. The summed E-state index contributed by atoms with van der Waals surface area (Å²) in [4.78, 5) is 16.3. The predicted octanol–water partition coefficient (Wildman–Crippen LogP) is 3.32. The molecule has 2 rings (SSSR count). The van der Waals surface area contributed by atoms with E-state index in [4.69, 9.17) is 5.73 Å². The maximum atomic E-state index is 12.1. The lowest BCUT2D eigenvalue weighted by Crippen LogP contribution is -2.27. The Morgan fingerprint density at radius 2 is 1.85 bits per heavy atom. The molecule has 0 aliphatic rings. The highest BCUT2D eigenvalue weighted by Gasteiger charge is 2.22. The van der Waals surface area contributed by atoms with E-state index in [0.29, 0.717) is 5.69 Å². The number of nitrogens with two attached hydrogens (primary N) is 1. The molecule has 0 atom stereocenters. The van der Waals surface area contributed by atoms with Gasteiger partial charge in [0, 0.05) is 34.6 Å². The van der Waals surface area contributed by atoms with E-state index < -0.39 is 5.41 Å². The van der Waals surface area contributed by atoms with E-state index in [9.17, 15) is 4.79 Å². The zero-order valence-electron chi connectivity index (χ0n) is 12.0. The smallest absolute Gasteiger partial charge is 0.229 e. The van der Waals surface area contributed by atoms with Gasteiger partial charge in [0.1, 0.15) is 0 Å². The first kappa shape index (κ1) is 14.1.